The largest absolute Gasteiger partial charge is 0.462 e. The van der Waals surface area contributed by atoms with Crippen LogP contribution < -0.4 is 10.6 Å². The number of para-hydroxylation sites is 1. The number of ether oxygens (including phenoxy) is 1. The second kappa shape index (κ2) is 10.2. The molecule has 0 atom stereocenters. The Morgan fingerprint density at radius 3 is 2.77 bits per heavy atom. The zero-order valence-corrected chi connectivity index (χ0v) is 15.0. The fourth-order valence-corrected chi connectivity index (χ4v) is 2.48. The fraction of sp³-hybridized carbons (Fsp3) is 0.421. The molecule has 0 radical (unpaired) electrons. The van der Waals surface area contributed by atoms with E-state index in [1.165, 1.54) is 0 Å². The van der Waals surface area contributed by atoms with E-state index in [0.29, 0.717) is 12.3 Å². The van der Waals surface area contributed by atoms with Gasteiger partial charge in [-0.05, 0) is 18.6 Å². The molecule has 1 aromatic carbocycles. The van der Waals surface area contributed by atoms with Gasteiger partial charge in [0.25, 0.3) is 5.91 Å². The summed E-state index contributed by atoms with van der Waals surface area (Å²) in [7, 11) is 0. The van der Waals surface area contributed by atoms with Crippen LogP contribution in [0.3, 0.4) is 0 Å². The molecule has 7 heteroatoms. The molecule has 1 saturated heterocycles. The lowest BCUT2D eigenvalue weighted by atomic mass is 10.1. The Kier molecular flexibility index (Phi) is 7.65. The first-order valence-corrected chi connectivity index (χ1v) is 8.80. The van der Waals surface area contributed by atoms with Gasteiger partial charge in [0, 0.05) is 32.4 Å². The average Bonchev–Trinajstić information content (AvgIpc) is 2.67. The van der Waals surface area contributed by atoms with Gasteiger partial charge in [-0.15, -0.1) is 0 Å². The summed E-state index contributed by atoms with van der Waals surface area (Å²) < 4.78 is 5.21. The van der Waals surface area contributed by atoms with Crippen molar-refractivity contribution >= 4 is 17.6 Å². The monoisotopic (exact) mass is 356 g/mol. The van der Waals surface area contributed by atoms with E-state index < -0.39 is 11.9 Å². The number of nitrogens with one attached hydrogen (secondary N) is 2. The van der Waals surface area contributed by atoms with Crippen molar-refractivity contribution in [2.45, 2.75) is 19.8 Å². The third kappa shape index (κ3) is 5.60. The van der Waals surface area contributed by atoms with Crippen LogP contribution in [0.4, 0.5) is 5.69 Å². The minimum Gasteiger partial charge on any atom is -0.462 e. The number of anilines is 1. The summed E-state index contributed by atoms with van der Waals surface area (Å²) in [5.41, 5.74) is 0.609. The number of rotatable bonds is 7. The van der Waals surface area contributed by atoms with Crippen LogP contribution in [0.2, 0.25) is 0 Å². The predicted molar refractivity (Wildman–Crippen MR) is 98.4 cm³/mol. The normalized spacial score (nSPS) is 14.5. The Hall–Kier alpha value is -2.85. The first-order chi connectivity index (χ1) is 12.7. The van der Waals surface area contributed by atoms with Gasteiger partial charge >= 0.3 is 5.97 Å². The molecule has 1 amide bonds. The number of hydrogen-bond donors (Lipinski definition) is 2. The van der Waals surface area contributed by atoms with Crippen molar-refractivity contribution in [3.05, 3.63) is 41.6 Å². The van der Waals surface area contributed by atoms with Gasteiger partial charge < -0.3 is 20.3 Å². The molecule has 0 bridgehead atoms. The van der Waals surface area contributed by atoms with Gasteiger partial charge in [0.2, 0.25) is 0 Å². The van der Waals surface area contributed by atoms with Gasteiger partial charge in [-0.25, -0.2) is 4.79 Å². The molecule has 1 aliphatic rings. The van der Waals surface area contributed by atoms with E-state index in [-0.39, 0.29) is 11.1 Å². The summed E-state index contributed by atoms with van der Waals surface area (Å²) in [5.74, 6) is -1.03. The van der Waals surface area contributed by atoms with Gasteiger partial charge in [0.05, 0.1) is 17.9 Å². The topological polar surface area (TPSA) is 94.5 Å². The minimum atomic E-state index is -0.542. The quantitative estimate of drug-likeness (QED) is 0.335. The maximum atomic E-state index is 12.5. The van der Waals surface area contributed by atoms with Crippen molar-refractivity contribution in [3.8, 4) is 6.07 Å². The average molecular weight is 356 g/mol. The molecular weight excluding hydrogens is 332 g/mol. The first-order valence-electron chi connectivity index (χ1n) is 8.80. The van der Waals surface area contributed by atoms with Crippen LogP contribution in [0.25, 0.3) is 0 Å². The third-order valence-corrected chi connectivity index (χ3v) is 3.95. The van der Waals surface area contributed by atoms with Gasteiger partial charge in [-0.1, -0.05) is 25.5 Å². The zero-order chi connectivity index (χ0) is 18.8. The molecule has 0 aliphatic carbocycles. The summed E-state index contributed by atoms with van der Waals surface area (Å²) in [6, 6.07) is 8.56. The number of carbonyl (C=O) groups is 2. The van der Waals surface area contributed by atoms with Crippen LogP contribution in [-0.2, 0) is 9.53 Å². The number of carbonyl (C=O) groups excluding carboxylic acids is 2. The van der Waals surface area contributed by atoms with Crippen molar-refractivity contribution < 1.29 is 14.3 Å². The summed E-state index contributed by atoms with van der Waals surface area (Å²) in [4.78, 5) is 26.6. The number of nitrogens with zero attached hydrogens (tertiary/aromatic N) is 2. The molecule has 1 heterocycles. The molecule has 1 aromatic rings. The molecule has 0 saturated carbocycles. The molecule has 2 N–H and O–H groups in total. The molecule has 7 nitrogen and oxygen atoms in total. The second-order valence-electron chi connectivity index (χ2n) is 5.93. The Labute approximate surface area is 153 Å². The maximum absolute atomic E-state index is 12.5. The van der Waals surface area contributed by atoms with Crippen LogP contribution >= 0.6 is 0 Å². The van der Waals surface area contributed by atoms with Crippen LogP contribution in [0, 0.1) is 11.3 Å². The maximum Gasteiger partial charge on any atom is 0.340 e. The molecule has 1 aliphatic heterocycles. The van der Waals surface area contributed by atoms with Crippen molar-refractivity contribution in [1.29, 1.82) is 5.26 Å². The van der Waals surface area contributed by atoms with Gasteiger partial charge in [-0.2, -0.15) is 5.26 Å². The van der Waals surface area contributed by atoms with Crippen LogP contribution in [-0.4, -0.2) is 49.6 Å². The van der Waals surface area contributed by atoms with E-state index in [2.05, 4.69) is 10.6 Å². The van der Waals surface area contributed by atoms with Gasteiger partial charge in [0.15, 0.2) is 0 Å². The zero-order valence-electron chi connectivity index (χ0n) is 15.0. The number of benzene rings is 1. The van der Waals surface area contributed by atoms with E-state index >= 15 is 0 Å². The van der Waals surface area contributed by atoms with Crippen molar-refractivity contribution in [1.82, 2.24) is 10.2 Å². The molecule has 2 rings (SSSR count). The summed E-state index contributed by atoms with van der Waals surface area (Å²) in [5, 5.41) is 15.2. The van der Waals surface area contributed by atoms with Crippen LogP contribution in [0.5, 0.6) is 0 Å². The Morgan fingerprint density at radius 2 is 2.08 bits per heavy atom. The van der Waals surface area contributed by atoms with E-state index in [0.717, 1.165) is 39.0 Å². The van der Waals surface area contributed by atoms with E-state index in [4.69, 9.17) is 4.74 Å². The lowest BCUT2D eigenvalue weighted by Crippen LogP contribution is -2.41. The van der Waals surface area contributed by atoms with Crippen molar-refractivity contribution in [2.24, 2.45) is 0 Å². The summed E-state index contributed by atoms with van der Waals surface area (Å²) in [6.07, 6.45) is 3.28. The second-order valence-corrected chi connectivity index (χ2v) is 5.93. The van der Waals surface area contributed by atoms with E-state index in [1.54, 1.807) is 30.5 Å². The van der Waals surface area contributed by atoms with Gasteiger partial charge in [-0.3, -0.25) is 4.79 Å². The highest BCUT2D eigenvalue weighted by atomic mass is 16.5. The molecule has 0 spiro atoms. The number of unbranched alkanes of at least 4 members (excludes halogenated alkanes) is 1. The molecule has 1 fully saturated rings. The van der Waals surface area contributed by atoms with E-state index in [1.807, 2.05) is 17.9 Å². The fourth-order valence-electron chi connectivity index (χ4n) is 2.48. The Morgan fingerprint density at radius 1 is 1.35 bits per heavy atom. The highest BCUT2D eigenvalue weighted by Crippen LogP contribution is 2.17. The van der Waals surface area contributed by atoms with Crippen molar-refractivity contribution in [2.75, 3.05) is 38.1 Å². The standard InChI is InChI=1S/C19H24N4O3/c1-2-3-12-26-19(25)16-6-4-5-7-17(16)22-18(24)15(13-20)14-23-10-8-21-9-11-23/h4-7,14,21H,2-3,8-12H2,1H3,(H,22,24)/b15-14-. The Balaban J connectivity index is 2.09. The smallest absolute Gasteiger partial charge is 0.340 e. The predicted octanol–water partition coefficient (Wildman–Crippen LogP) is 1.89. The number of esters is 1. The summed E-state index contributed by atoms with van der Waals surface area (Å²) >= 11 is 0. The highest BCUT2D eigenvalue weighted by molar-refractivity contribution is 6.09. The lowest BCUT2D eigenvalue weighted by Gasteiger charge is -2.26. The van der Waals surface area contributed by atoms with Gasteiger partial charge in [0.1, 0.15) is 11.6 Å². The number of amides is 1. The summed E-state index contributed by atoms with van der Waals surface area (Å²) in [6.45, 7) is 5.43. The minimum absolute atomic E-state index is 0.000975. The number of nitriles is 1. The molecular formula is C19H24N4O3. The molecule has 26 heavy (non-hydrogen) atoms. The number of piperazine rings is 1. The first kappa shape index (κ1) is 19.5. The number of hydrogen-bond acceptors (Lipinski definition) is 6. The Bertz CT molecular complexity index is 703. The molecule has 138 valence electrons. The molecule has 0 aromatic heterocycles. The van der Waals surface area contributed by atoms with Crippen molar-refractivity contribution in [3.63, 3.8) is 0 Å². The van der Waals surface area contributed by atoms with E-state index in [9.17, 15) is 14.9 Å². The SMILES string of the molecule is CCCCOC(=O)c1ccccc1NC(=O)/C(C#N)=C\N1CCNCC1. The lowest BCUT2D eigenvalue weighted by molar-refractivity contribution is -0.112. The third-order valence-electron chi connectivity index (χ3n) is 3.95. The van der Waals surface area contributed by atoms with Crippen LogP contribution in [0.1, 0.15) is 30.1 Å². The molecule has 0 unspecified atom stereocenters. The van der Waals surface area contributed by atoms with Crippen LogP contribution in [0.15, 0.2) is 36.0 Å². The highest BCUT2D eigenvalue weighted by Gasteiger charge is 2.17.